The molecule has 11 aromatic rings. The zero-order valence-corrected chi connectivity index (χ0v) is 31.7. The van der Waals surface area contributed by atoms with Gasteiger partial charge in [-0.3, -0.25) is 0 Å². The van der Waals surface area contributed by atoms with Crippen molar-refractivity contribution in [2.45, 2.75) is 0 Å². The predicted molar refractivity (Wildman–Crippen MR) is 245 cm³/mol. The molecule has 0 amide bonds. The van der Waals surface area contributed by atoms with Crippen molar-refractivity contribution >= 4 is 60.5 Å². The second-order valence-corrected chi connectivity index (χ2v) is 14.8. The lowest BCUT2D eigenvalue weighted by Gasteiger charge is -2.26. The van der Waals surface area contributed by atoms with Crippen LogP contribution in [-0.4, -0.2) is 0 Å². The van der Waals surface area contributed by atoms with Crippen molar-refractivity contribution < 1.29 is 4.42 Å². The number of benzene rings is 10. The normalized spacial score (nSPS) is 11.4. The highest BCUT2D eigenvalue weighted by Gasteiger charge is 2.22. The molecule has 0 aliphatic heterocycles. The Kier molecular flexibility index (Phi) is 8.19. The smallest absolute Gasteiger partial charge is 0.143 e. The Bertz CT molecular complexity index is 3140. The third-order valence-corrected chi connectivity index (χ3v) is 11.5. The van der Waals surface area contributed by atoms with E-state index in [1.165, 1.54) is 38.4 Å². The highest BCUT2D eigenvalue weighted by Crippen LogP contribution is 2.47. The first-order valence-electron chi connectivity index (χ1n) is 19.8. The van der Waals surface area contributed by atoms with Crippen molar-refractivity contribution in [2.75, 3.05) is 4.90 Å². The first-order chi connectivity index (χ1) is 28.8. The number of nitrogens with zero attached hydrogens (tertiary/aromatic N) is 1. The van der Waals surface area contributed by atoms with Gasteiger partial charge in [0.25, 0.3) is 0 Å². The van der Waals surface area contributed by atoms with Crippen molar-refractivity contribution in [3.05, 3.63) is 224 Å². The Morgan fingerprint density at radius 1 is 0.259 bits per heavy atom. The molecule has 1 aromatic heterocycles. The van der Waals surface area contributed by atoms with Gasteiger partial charge in [-0.1, -0.05) is 182 Å². The van der Waals surface area contributed by atoms with Crippen LogP contribution in [0.25, 0.3) is 88.0 Å². The minimum atomic E-state index is 0.905. The summed E-state index contributed by atoms with van der Waals surface area (Å²) in [4.78, 5) is 2.34. The monoisotopic (exact) mass is 739 g/mol. The van der Waals surface area contributed by atoms with Gasteiger partial charge in [0.1, 0.15) is 11.2 Å². The van der Waals surface area contributed by atoms with Crippen LogP contribution in [0.2, 0.25) is 0 Å². The highest BCUT2D eigenvalue weighted by atomic mass is 16.3. The Morgan fingerprint density at radius 2 is 0.655 bits per heavy atom. The molecule has 11 rings (SSSR count). The largest absolute Gasteiger partial charge is 0.455 e. The second kappa shape index (κ2) is 14.1. The molecule has 0 aliphatic carbocycles. The maximum absolute atomic E-state index is 7.07. The molecule has 272 valence electrons. The van der Waals surface area contributed by atoms with E-state index >= 15 is 0 Å². The molecule has 0 atom stereocenters. The van der Waals surface area contributed by atoms with E-state index in [1.807, 2.05) is 0 Å². The third kappa shape index (κ3) is 5.74. The van der Waals surface area contributed by atoms with E-state index in [0.29, 0.717) is 0 Å². The zero-order valence-electron chi connectivity index (χ0n) is 31.7. The lowest BCUT2D eigenvalue weighted by molar-refractivity contribution is 0.674. The van der Waals surface area contributed by atoms with Crippen molar-refractivity contribution in [3.63, 3.8) is 0 Å². The van der Waals surface area contributed by atoms with Gasteiger partial charge >= 0.3 is 0 Å². The maximum atomic E-state index is 7.07. The molecule has 0 spiro atoms. The lowest BCUT2D eigenvalue weighted by atomic mass is 9.91. The van der Waals surface area contributed by atoms with Crippen LogP contribution in [0, 0.1) is 0 Å². The molecule has 2 nitrogen and oxygen atoms in total. The summed E-state index contributed by atoms with van der Waals surface area (Å²) in [7, 11) is 0. The van der Waals surface area contributed by atoms with E-state index in [-0.39, 0.29) is 0 Å². The average Bonchev–Trinajstić information content (AvgIpc) is 3.71. The van der Waals surface area contributed by atoms with Crippen LogP contribution in [-0.2, 0) is 0 Å². The number of anilines is 3. The molecule has 0 saturated heterocycles. The van der Waals surface area contributed by atoms with Crippen LogP contribution in [0.1, 0.15) is 0 Å². The standard InChI is InChI=1S/C56H37NO/c1-4-14-38(15-5-1)40-24-30-44(31-25-40)57(45-32-26-41(27-33-45)39-16-6-2-7-17-39)46-34-28-42(29-35-46)47-36-37-52-54-50-22-12-10-20-48(50)49-21-11-13-23-51(49)55(54)58-56(52)53(47)43-18-8-3-9-19-43/h1-37H. The minimum Gasteiger partial charge on any atom is -0.455 e. The summed E-state index contributed by atoms with van der Waals surface area (Å²) in [6, 6.07) is 80.3. The van der Waals surface area contributed by atoms with Crippen LogP contribution in [0.15, 0.2) is 229 Å². The zero-order chi connectivity index (χ0) is 38.4. The van der Waals surface area contributed by atoms with Gasteiger partial charge in [0.15, 0.2) is 0 Å². The fourth-order valence-corrected chi connectivity index (χ4v) is 8.71. The molecule has 0 aliphatic rings. The predicted octanol–water partition coefficient (Wildman–Crippen LogP) is 16.0. The molecular formula is C56H37NO. The molecule has 10 aromatic carbocycles. The minimum absolute atomic E-state index is 0.905. The molecule has 1 heterocycles. The third-order valence-electron chi connectivity index (χ3n) is 11.5. The van der Waals surface area contributed by atoms with Gasteiger partial charge in [-0.25, -0.2) is 0 Å². The molecule has 0 radical (unpaired) electrons. The molecule has 0 N–H and O–H groups in total. The Labute approximate surface area is 337 Å². The van der Waals surface area contributed by atoms with E-state index in [4.69, 9.17) is 4.42 Å². The number of hydrogen-bond donors (Lipinski definition) is 0. The van der Waals surface area contributed by atoms with Crippen molar-refractivity contribution in [3.8, 4) is 44.5 Å². The molecule has 0 bridgehead atoms. The summed E-state index contributed by atoms with van der Waals surface area (Å²) in [5.41, 5.74) is 14.4. The first kappa shape index (κ1) is 33.6. The molecular weight excluding hydrogens is 703 g/mol. The van der Waals surface area contributed by atoms with Crippen LogP contribution in [0.3, 0.4) is 0 Å². The van der Waals surface area contributed by atoms with Crippen LogP contribution in [0.5, 0.6) is 0 Å². The van der Waals surface area contributed by atoms with Crippen molar-refractivity contribution in [1.29, 1.82) is 0 Å². The van der Waals surface area contributed by atoms with Gasteiger partial charge in [-0.05, 0) is 97.6 Å². The Balaban J connectivity index is 1.06. The van der Waals surface area contributed by atoms with Gasteiger partial charge < -0.3 is 9.32 Å². The van der Waals surface area contributed by atoms with Gasteiger partial charge in [-0.15, -0.1) is 0 Å². The Morgan fingerprint density at radius 3 is 1.17 bits per heavy atom. The fourth-order valence-electron chi connectivity index (χ4n) is 8.71. The summed E-state index contributed by atoms with van der Waals surface area (Å²) in [6.07, 6.45) is 0. The van der Waals surface area contributed by atoms with Crippen LogP contribution in [0.4, 0.5) is 17.1 Å². The topological polar surface area (TPSA) is 16.4 Å². The number of furan rings is 1. The number of hydrogen-bond acceptors (Lipinski definition) is 2. The quantitative estimate of drug-likeness (QED) is 0.151. The van der Waals surface area contributed by atoms with Crippen LogP contribution < -0.4 is 4.90 Å². The van der Waals surface area contributed by atoms with E-state index in [1.54, 1.807) is 0 Å². The van der Waals surface area contributed by atoms with Gasteiger partial charge in [0, 0.05) is 38.8 Å². The summed E-state index contributed by atoms with van der Waals surface area (Å²) in [6.45, 7) is 0. The highest BCUT2D eigenvalue weighted by molar-refractivity contribution is 6.31. The second-order valence-electron chi connectivity index (χ2n) is 14.8. The van der Waals surface area contributed by atoms with Gasteiger partial charge in [0.2, 0.25) is 0 Å². The number of fused-ring (bicyclic) bond motifs is 8. The van der Waals surface area contributed by atoms with Gasteiger partial charge in [-0.2, -0.15) is 0 Å². The fraction of sp³-hybridized carbons (Fsp3) is 0. The summed E-state index contributed by atoms with van der Waals surface area (Å²) in [5.74, 6) is 0. The van der Waals surface area contributed by atoms with Crippen LogP contribution >= 0.6 is 0 Å². The molecule has 0 saturated carbocycles. The van der Waals surface area contributed by atoms with E-state index in [2.05, 4.69) is 229 Å². The molecule has 0 fully saturated rings. The SMILES string of the molecule is c1ccc(-c2ccc(N(c3ccc(-c4ccccc4)cc3)c3ccc(-c4ccc5c(oc6c7ccccc7c7ccccc7c56)c4-c4ccccc4)cc3)cc2)cc1. The van der Waals surface area contributed by atoms with E-state index in [9.17, 15) is 0 Å². The van der Waals surface area contributed by atoms with Crippen molar-refractivity contribution in [2.24, 2.45) is 0 Å². The van der Waals surface area contributed by atoms with Gasteiger partial charge in [0.05, 0.1) is 0 Å². The molecule has 2 heteroatoms. The summed E-state index contributed by atoms with van der Waals surface area (Å²) in [5, 5.41) is 7.07. The molecule has 0 unspecified atom stereocenters. The number of rotatable bonds is 7. The summed E-state index contributed by atoms with van der Waals surface area (Å²) < 4.78 is 7.07. The lowest BCUT2D eigenvalue weighted by Crippen LogP contribution is -2.09. The van der Waals surface area contributed by atoms with E-state index < -0.39 is 0 Å². The average molecular weight is 740 g/mol. The molecule has 58 heavy (non-hydrogen) atoms. The van der Waals surface area contributed by atoms with E-state index in [0.717, 1.165) is 66.6 Å². The summed E-state index contributed by atoms with van der Waals surface area (Å²) >= 11 is 0. The Hall–Kier alpha value is -7.68. The first-order valence-corrected chi connectivity index (χ1v) is 19.8. The maximum Gasteiger partial charge on any atom is 0.143 e. The van der Waals surface area contributed by atoms with Crippen molar-refractivity contribution in [1.82, 2.24) is 0 Å².